The van der Waals surface area contributed by atoms with Crippen LogP contribution in [0.1, 0.15) is 32.6 Å². The lowest BCUT2D eigenvalue weighted by molar-refractivity contribution is -0.126. The summed E-state index contributed by atoms with van der Waals surface area (Å²) in [6.07, 6.45) is 3.51. The summed E-state index contributed by atoms with van der Waals surface area (Å²) >= 11 is 0. The van der Waals surface area contributed by atoms with Gasteiger partial charge in [0.15, 0.2) is 0 Å². The van der Waals surface area contributed by atoms with Crippen LogP contribution in [0.25, 0.3) is 0 Å². The van der Waals surface area contributed by atoms with Crippen molar-refractivity contribution in [3.05, 3.63) is 30.3 Å². The highest BCUT2D eigenvalue weighted by Crippen LogP contribution is 2.24. The van der Waals surface area contributed by atoms with Gasteiger partial charge in [0.25, 0.3) is 0 Å². The lowest BCUT2D eigenvalue weighted by Gasteiger charge is -2.31. The predicted molar refractivity (Wildman–Crippen MR) is 101 cm³/mol. The molecule has 0 spiro atoms. The maximum absolute atomic E-state index is 12.7. The molecule has 1 amide bonds. The van der Waals surface area contributed by atoms with Crippen LogP contribution in [0.4, 0.5) is 0 Å². The molecule has 1 atom stereocenters. The Labute approximate surface area is 156 Å². The smallest absolute Gasteiger partial charge is 0.243 e. The molecule has 1 N–H and O–H groups in total. The van der Waals surface area contributed by atoms with E-state index in [0.717, 1.165) is 19.5 Å². The zero-order valence-corrected chi connectivity index (χ0v) is 16.2. The van der Waals surface area contributed by atoms with E-state index in [2.05, 4.69) is 17.1 Å². The Kier molecular flexibility index (Phi) is 6.32. The largest absolute Gasteiger partial charge is 0.354 e. The first kappa shape index (κ1) is 19.3. The molecule has 1 unspecified atom stereocenters. The Bertz CT molecular complexity index is 700. The molecular formula is C19H29N3O3S. The standard InChI is InChI=1S/C19H29N3O3S/c1-2-21-12-6-7-17(21)15-20-19(23)16-10-13-22(14-11-16)26(24,25)18-8-4-3-5-9-18/h3-5,8-9,16-17H,2,6-7,10-15H2,1H3,(H,20,23). The molecule has 2 aliphatic rings. The number of hydrogen-bond acceptors (Lipinski definition) is 4. The van der Waals surface area contributed by atoms with Crippen LogP contribution in [0.3, 0.4) is 0 Å². The highest BCUT2D eigenvalue weighted by Gasteiger charge is 2.32. The number of likely N-dealkylation sites (tertiary alicyclic amines) is 1. The van der Waals surface area contributed by atoms with Gasteiger partial charge in [0, 0.05) is 31.6 Å². The minimum absolute atomic E-state index is 0.0738. The Hall–Kier alpha value is -1.44. The summed E-state index contributed by atoms with van der Waals surface area (Å²) in [7, 11) is -3.45. The second-order valence-corrected chi connectivity index (χ2v) is 9.10. The number of carbonyl (C=O) groups excluding carboxylic acids is 1. The maximum atomic E-state index is 12.7. The predicted octanol–water partition coefficient (Wildman–Crippen LogP) is 1.69. The summed E-state index contributed by atoms with van der Waals surface area (Å²) in [4.78, 5) is 15.2. The molecule has 6 nitrogen and oxygen atoms in total. The van der Waals surface area contributed by atoms with E-state index in [4.69, 9.17) is 0 Å². The van der Waals surface area contributed by atoms with E-state index in [1.54, 1.807) is 30.3 Å². The Balaban J connectivity index is 1.49. The van der Waals surface area contributed by atoms with Gasteiger partial charge in [-0.25, -0.2) is 8.42 Å². The van der Waals surface area contributed by atoms with Crippen molar-refractivity contribution in [2.24, 2.45) is 5.92 Å². The van der Waals surface area contributed by atoms with Crippen molar-refractivity contribution >= 4 is 15.9 Å². The fourth-order valence-electron chi connectivity index (χ4n) is 4.01. The van der Waals surface area contributed by atoms with Crippen molar-refractivity contribution in [3.63, 3.8) is 0 Å². The second kappa shape index (κ2) is 8.50. The number of likely N-dealkylation sites (N-methyl/N-ethyl adjacent to an activating group) is 1. The van der Waals surface area contributed by atoms with Crippen LogP contribution in [-0.4, -0.2) is 62.3 Å². The van der Waals surface area contributed by atoms with Gasteiger partial charge >= 0.3 is 0 Å². The van der Waals surface area contributed by atoms with Gasteiger partial charge in [-0.2, -0.15) is 4.31 Å². The quantitative estimate of drug-likeness (QED) is 0.817. The number of nitrogens with zero attached hydrogens (tertiary/aromatic N) is 2. The van der Waals surface area contributed by atoms with Crippen LogP contribution in [-0.2, 0) is 14.8 Å². The first-order chi connectivity index (χ1) is 12.5. The molecule has 26 heavy (non-hydrogen) atoms. The zero-order valence-electron chi connectivity index (χ0n) is 15.4. The number of nitrogens with one attached hydrogen (secondary N) is 1. The van der Waals surface area contributed by atoms with Crippen LogP contribution in [0.2, 0.25) is 0 Å². The van der Waals surface area contributed by atoms with Crippen molar-refractivity contribution in [2.75, 3.05) is 32.7 Å². The third-order valence-corrected chi connectivity index (χ3v) is 7.54. The van der Waals surface area contributed by atoms with E-state index in [1.807, 2.05) is 0 Å². The maximum Gasteiger partial charge on any atom is 0.243 e. The van der Waals surface area contributed by atoms with Crippen molar-refractivity contribution < 1.29 is 13.2 Å². The van der Waals surface area contributed by atoms with Gasteiger partial charge in [-0.15, -0.1) is 0 Å². The molecule has 2 aliphatic heterocycles. The topological polar surface area (TPSA) is 69.7 Å². The van der Waals surface area contributed by atoms with E-state index < -0.39 is 10.0 Å². The lowest BCUT2D eigenvalue weighted by atomic mass is 9.97. The van der Waals surface area contributed by atoms with Crippen molar-refractivity contribution in [1.29, 1.82) is 0 Å². The minimum Gasteiger partial charge on any atom is -0.354 e. The van der Waals surface area contributed by atoms with Crippen LogP contribution in [0.5, 0.6) is 0 Å². The number of rotatable bonds is 6. The van der Waals surface area contributed by atoms with Gasteiger partial charge < -0.3 is 5.32 Å². The van der Waals surface area contributed by atoms with Crippen LogP contribution < -0.4 is 5.32 Å². The highest BCUT2D eigenvalue weighted by atomic mass is 32.2. The molecule has 0 aromatic heterocycles. The normalized spacial score (nSPS) is 23.2. The molecule has 144 valence electrons. The average Bonchev–Trinajstić information content (AvgIpc) is 3.14. The van der Waals surface area contributed by atoms with Gasteiger partial charge in [-0.1, -0.05) is 25.1 Å². The summed E-state index contributed by atoms with van der Waals surface area (Å²) in [6.45, 7) is 5.81. The van der Waals surface area contributed by atoms with Gasteiger partial charge in [0.1, 0.15) is 0 Å². The summed E-state index contributed by atoms with van der Waals surface area (Å²) < 4.78 is 26.8. The molecule has 2 saturated heterocycles. The highest BCUT2D eigenvalue weighted by molar-refractivity contribution is 7.89. The molecule has 0 radical (unpaired) electrons. The lowest BCUT2D eigenvalue weighted by Crippen LogP contribution is -2.45. The Morgan fingerprint density at radius 3 is 2.46 bits per heavy atom. The van der Waals surface area contributed by atoms with E-state index in [0.29, 0.717) is 43.4 Å². The molecule has 0 saturated carbocycles. The fourth-order valence-corrected chi connectivity index (χ4v) is 5.50. The first-order valence-electron chi connectivity index (χ1n) is 9.59. The summed E-state index contributed by atoms with van der Waals surface area (Å²) in [6, 6.07) is 8.96. The Morgan fingerprint density at radius 1 is 1.12 bits per heavy atom. The molecule has 3 rings (SSSR count). The number of piperidine rings is 1. The fraction of sp³-hybridized carbons (Fsp3) is 0.632. The van der Waals surface area contributed by atoms with Gasteiger partial charge in [-0.05, 0) is 50.9 Å². The number of benzene rings is 1. The minimum atomic E-state index is -3.45. The molecular weight excluding hydrogens is 350 g/mol. The molecule has 2 fully saturated rings. The average molecular weight is 380 g/mol. The van der Waals surface area contributed by atoms with Crippen molar-refractivity contribution in [3.8, 4) is 0 Å². The molecule has 0 bridgehead atoms. The van der Waals surface area contributed by atoms with Gasteiger partial charge in [0.2, 0.25) is 15.9 Å². The zero-order chi connectivity index (χ0) is 18.6. The number of amides is 1. The SMILES string of the molecule is CCN1CCCC1CNC(=O)C1CCN(S(=O)(=O)c2ccccc2)CC1. The Morgan fingerprint density at radius 2 is 1.81 bits per heavy atom. The monoisotopic (exact) mass is 379 g/mol. The third kappa shape index (κ3) is 4.27. The van der Waals surface area contributed by atoms with E-state index in [1.165, 1.54) is 10.7 Å². The summed E-state index contributed by atoms with van der Waals surface area (Å²) in [5, 5.41) is 3.10. The second-order valence-electron chi connectivity index (χ2n) is 7.16. The number of sulfonamides is 1. The summed E-state index contributed by atoms with van der Waals surface area (Å²) in [5.74, 6) is -0.0154. The van der Waals surface area contributed by atoms with Crippen molar-refractivity contribution in [1.82, 2.24) is 14.5 Å². The van der Waals surface area contributed by atoms with E-state index in [-0.39, 0.29) is 11.8 Å². The molecule has 7 heteroatoms. The van der Waals surface area contributed by atoms with E-state index >= 15 is 0 Å². The third-order valence-electron chi connectivity index (χ3n) is 5.62. The van der Waals surface area contributed by atoms with Crippen LogP contribution >= 0.6 is 0 Å². The van der Waals surface area contributed by atoms with Gasteiger partial charge in [-0.3, -0.25) is 9.69 Å². The number of carbonyl (C=O) groups is 1. The van der Waals surface area contributed by atoms with Crippen LogP contribution in [0, 0.1) is 5.92 Å². The molecule has 2 heterocycles. The molecule has 1 aromatic carbocycles. The number of hydrogen-bond donors (Lipinski definition) is 1. The van der Waals surface area contributed by atoms with E-state index in [9.17, 15) is 13.2 Å². The summed E-state index contributed by atoms with van der Waals surface area (Å²) in [5.41, 5.74) is 0. The van der Waals surface area contributed by atoms with Crippen molar-refractivity contribution in [2.45, 2.75) is 43.5 Å². The first-order valence-corrected chi connectivity index (χ1v) is 11.0. The van der Waals surface area contributed by atoms with Crippen LogP contribution in [0.15, 0.2) is 35.2 Å². The van der Waals surface area contributed by atoms with Gasteiger partial charge in [0.05, 0.1) is 4.90 Å². The molecule has 0 aliphatic carbocycles. The molecule has 1 aromatic rings.